The highest BCUT2D eigenvalue weighted by Gasteiger charge is 2.11. The third-order valence-corrected chi connectivity index (χ3v) is 3.46. The Labute approximate surface area is 120 Å². The topological polar surface area (TPSA) is 83.8 Å². The molecule has 0 amide bonds. The number of aromatic nitrogens is 6. The average Bonchev–Trinajstić information content (AvgIpc) is 3.10. The lowest BCUT2D eigenvalue weighted by atomic mass is 10.2. The molecule has 21 heavy (non-hydrogen) atoms. The van der Waals surface area contributed by atoms with Crippen molar-refractivity contribution in [3.8, 4) is 11.3 Å². The van der Waals surface area contributed by atoms with E-state index in [-0.39, 0.29) is 0 Å². The number of hydrogen-bond donors (Lipinski definition) is 2. The molecule has 7 heteroatoms. The number of rotatable bonds is 2. The zero-order valence-corrected chi connectivity index (χ0v) is 11.6. The summed E-state index contributed by atoms with van der Waals surface area (Å²) in [5, 5.41) is 8.50. The molecule has 2 N–H and O–H groups in total. The van der Waals surface area contributed by atoms with E-state index in [0.717, 1.165) is 33.6 Å². The van der Waals surface area contributed by atoms with Gasteiger partial charge in [0, 0.05) is 30.4 Å². The van der Waals surface area contributed by atoms with Gasteiger partial charge in [0.25, 0.3) is 0 Å². The molecule has 0 aliphatic heterocycles. The molecule has 0 fully saturated rings. The van der Waals surface area contributed by atoms with Crippen LogP contribution in [0.3, 0.4) is 0 Å². The van der Waals surface area contributed by atoms with Crippen LogP contribution in [-0.4, -0.2) is 36.6 Å². The van der Waals surface area contributed by atoms with Crippen molar-refractivity contribution in [2.45, 2.75) is 6.92 Å². The predicted molar refractivity (Wildman–Crippen MR) is 80.2 cm³/mol. The lowest BCUT2D eigenvalue weighted by Crippen LogP contribution is -1.97. The van der Waals surface area contributed by atoms with Crippen molar-refractivity contribution >= 4 is 22.6 Å². The van der Waals surface area contributed by atoms with Crippen LogP contribution in [0.2, 0.25) is 0 Å². The molecule has 4 aromatic rings. The molecule has 0 aromatic carbocycles. The number of hydrogen-bond acceptors (Lipinski definition) is 5. The number of anilines is 1. The molecule has 0 aliphatic carbocycles. The van der Waals surface area contributed by atoms with E-state index < -0.39 is 0 Å². The van der Waals surface area contributed by atoms with Crippen molar-refractivity contribution in [3.63, 3.8) is 0 Å². The third-order valence-electron chi connectivity index (χ3n) is 3.46. The first-order valence-corrected chi connectivity index (χ1v) is 6.60. The fraction of sp³-hybridized carbons (Fsp3) is 0.143. The van der Waals surface area contributed by atoms with Crippen molar-refractivity contribution in [3.05, 3.63) is 36.4 Å². The second kappa shape index (κ2) is 4.27. The van der Waals surface area contributed by atoms with Crippen LogP contribution in [0.5, 0.6) is 0 Å². The Morgan fingerprint density at radius 1 is 1.19 bits per heavy atom. The zero-order chi connectivity index (χ0) is 14.4. The fourth-order valence-corrected chi connectivity index (χ4v) is 2.37. The third kappa shape index (κ3) is 1.74. The minimum absolute atomic E-state index is 0.588. The molecule has 0 bridgehead atoms. The lowest BCUT2D eigenvalue weighted by molar-refractivity contribution is 0.906. The zero-order valence-electron chi connectivity index (χ0n) is 11.6. The van der Waals surface area contributed by atoms with Gasteiger partial charge in [-0.15, -0.1) is 0 Å². The molecular weight excluding hydrogens is 266 g/mol. The van der Waals surface area contributed by atoms with Crippen molar-refractivity contribution in [1.82, 2.24) is 29.5 Å². The van der Waals surface area contributed by atoms with Crippen LogP contribution < -0.4 is 5.32 Å². The minimum atomic E-state index is 0.588. The van der Waals surface area contributed by atoms with E-state index in [9.17, 15) is 0 Å². The minimum Gasteiger partial charge on any atom is -0.357 e. The van der Waals surface area contributed by atoms with Crippen LogP contribution in [0.15, 0.2) is 30.7 Å². The summed E-state index contributed by atoms with van der Waals surface area (Å²) in [6.07, 6.45) is 5.51. The maximum Gasteiger partial charge on any atom is 0.224 e. The normalized spacial score (nSPS) is 11.3. The van der Waals surface area contributed by atoms with Gasteiger partial charge in [-0.05, 0) is 19.1 Å². The molecule has 0 aliphatic rings. The SMILES string of the molecule is CNc1ncc2c(-c3ccc4ncc(C)n4n3)c[nH]c2n1. The maximum atomic E-state index is 4.63. The monoisotopic (exact) mass is 279 g/mol. The van der Waals surface area contributed by atoms with Crippen molar-refractivity contribution in [2.24, 2.45) is 0 Å². The molecule has 4 rings (SSSR count). The van der Waals surface area contributed by atoms with Crippen molar-refractivity contribution < 1.29 is 0 Å². The quantitative estimate of drug-likeness (QED) is 0.586. The molecule has 0 radical (unpaired) electrons. The summed E-state index contributed by atoms with van der Waals surface area (Å²) in [4.78, 5) is 16.1. The summed E-state index contributed by atoms with van der Waals surface area (Å²) in [5.41, 5.74) is 4.46. The largest absolute Gasteiger partial charge is 0.357 e. The van der Waals surface area contributed by atoms with E-state index in [1.165, 1.54) is 0 Å². The molecule has 4 aromatic heterocycles. The highest BCUT2D eigenvalue weighted by molar-refractivity contribution is 5.92. The summed E-state index contributed by atoms with van der Waals surface area (Å²) < 4.78 is 1.83. The van der Waals surface area contributed by atoms with Gasteiger partial charge in [0.05, 0.1) is 17.6 Å². The molecule has 0 saturated heterocycles. The summed E-state index contributed by atoms with van der Waals surface area (Å²) in [6, 6.07) is 3.91. The molecule has 4 heterocycles. The van der Waals surface area contributed by atoms with Crippen LogP contribution in [0, 0.1) is 6.92 Å². The molecule has 0 atom stereocenters. The number of nitrogens with one attached hydrogen (secondary N) is 2. The predicted octanol–water partition coefficient (Wildman–Crippen LogP) is 2.02. The Morgan fingerprint density at radius 3 is 2.95 bits per heavy atom. The fourth-order valence-electron chi connectivity index (χ4n) is 2.37. The van der Waals surface area contributed by atoms with E-state index in [1.807, 2.05) is 36.0 Å². The smallest absolute Gasteiger partial charge is 0.224 e. The molecule has 0 saturated carbocycles. The van der Waals surface area contributed by atoms with Gasteiger partial charge in [0.2, 0.25) is 5.95 Å². The average molecular weight is 279 g/mol. The Kier molecular flexibility index (Phi) is 2.41. The highest BCUT2D eigenvalue weighted by Crippen LogP contribution is 2.26. The molecule has 104 valence electrons. The lowest BCUT2D eigenvalue weighted by Gasteiger charge is -2.02. The number of fused-ring (bicyclic) bond motifs is 2. The Hall–Kier alpha value is -2.96. The van der Waals surface area contributed by atoms with E-state index in [4.69, 9.17) is 0 Å². The Balaban J connectivity index is 1.93. The van der Waals surface area contributed by atoms with Gasteiger partial charge in [-0.25, -0.2) is 14.5 Å². The number of nitrogens with zero attached hydrogens (tertiary/aromatic N) is 5. The summed E-state index contributed by atoms with van der Waals surface area (Å²) in [6.45, 7) is 1.98. The van der Waals surface area contributed by atoms with Gasteiger partial charge in [0.15, 0.2) is 5.65 Å². The van der Waals surface area contributed by atoms with Gasteiger partial charge in [-0.3, -0.25) is 0 Å². The number of aryl methyl sites for hydroxylation is 1. The van der Waals surface area contributed by atoms with E-state index in [2.05, 4.69) is 30.4 Å². The van der Waals surface area contributed by atoms with Crippen LogP contribution in [0.1, 0.15) is 5.69 Å². The standard InChI is InChI=1S/C14H13N7/c1-8-5-16-12-4-3-11(20-21(8)12)9-6-17-13-10(9)7-18-14(15-2)19-13/h3-7H,1-2H3,(H2,15,17,18,19). The number of imidazole rings is 1. The van der Waals surface area contributed by atoms with Crippen LogP contribution in [-0.2, 0) is 0 Å². The Morgan fingerprint density at radius 2 is 2.10 bits per heavy atom. The number of aromatic amines is 1. The Bertz CT molecular complexity index is 950. The van der Waals surface area contributed by atoms with Crippen molar-refractivity contribution in [2.75, 3.05) is 12.4 Å². The van der Waals surface area contributed by atoms with E-state index >= 15 is 0 Å². The van der Waals surface area contributed by atoms with E-state index in [0.29, 0.717) is 5.95 Å². The second-order valence-electron chi connectivity index (χ2n) is 4.80. The van der Waals surface area contributed by atoms with Crippen molar-refractivity contribution in [1.29, 1.82) is 0 Å². The molecule has 7 nitrogen and oxygen atoms in total. The first kappa shape index (κ1) is 11.8. The first-order valence-electron chi connectivity index (χ1n) is 6.60. The van der Waals surface area contributed by atoms with Crippen LogP contribution in [0.25, 0.3) is 27.9 Å². The summed E-state index contributed by atoms with van der Waals surface area (Å²) in [5.74, 6) is 0.588. The van der Waals surface area contributed by atoms with Crippen LogP contribution >= 0.6 is 0 Å². The summed E-state index contributed by atoms with van der Waals surface area (Å²) in [7, 11) is 1.79. The number of H-pyrrole nitrogens is 1. The van der Waals surface area contributed by atoms with Gasteiger partial charge >= 0.3 is 0 Å². The maximum absolute atomic E-state index is 4.63. The van der Waals surface area contributed by atoms with Gasteiger partial charge in [0.1, 0.15) is 5.65 Å². The van der Waals surface area contributed by atoms with Gasteiger partial charge in [-0.2, -0.15) is 10.1 Å². The first-order chi connectivity index (χ1) is 10.3. The van der Waals surface area contributed by atoms with E-state index in [1.54, 1.807) is 13.2 Å². The van der Waals surface area contributed by atoms with Gasteiger partial charge in [-0.1, -0.05) is 0 Å². The van der Waals surface area contributed by atoms with Crippen LogP contribution in [0.4, 0.5) is 5.95 Å². The highest BCUT2D eigenvalue weighted by atomic mass is 15.3. The second-order valence-corrected chi connectivity index (χ2v) is 4.80. The molecular formula is C14H13N7. The van der Waals surface area contributed by atoms with Gasteiger partial charge < -0.3 is 10.3 Å². The summed E-state index contributed by atoms with van der Waals surface area (Å²) >= 11 is 0. The molecule has 0 unspecified atom stereocenters. The molecule has 0 spiro atoms.